The van der Waals surface area contributed by atoms with Crippen molar-refractivity contribution in [1.82, 2.24) is 14.9 Å². The maximum atomic E-state index is 5.42. The Hall–Kier alpha value is -2.01. The number of rotatable bonds is 4. The topological polar surface area (TPSA) is 48.3 Å². The molecule has 0 aliphatic carbocycles. The fraction of sp³-hybridized carbons (Fsp3) is 0.438. The smallest absolute Gasteiger partial charge is 0.231 e. The number of benzene rings is 1. The van der Waals surface area contributed by atoms with Gasteiger partial charge in [-0.25, -0.2) is 4.98 Å². The summed E-state index contributed by atoms with van der Waals surface area (Å²) >= 11 is 0. The zero-order valence-electron chi connectivity index (χ0n) is 12.7. The van der Waals surface area contributed by atoms with Crippen molar-refractivity contribution >= 4 is 0 Å². The molecule has 0 fully saturated rings. The van der Waals surface area contributed by atoms with Crippen LogP contribution in [0, 0.1) is 0 Å². The molecule has 1 aliphatic heterocycles. The molecule has 3 rings (SSSR count). The summed E-state index contributed by atoms with van der Waals surface area (Å²) in [6.07, 6.45) is 3.77. The van der Waals surface area contributed by atoms with E-state index in [4.69, 9.17) is 9.47 Å². The lowest BCUT2D eigenvalue weighted by Crippen LogP contribution is -2.35. The summed E-state index contributed by atoms with van der Waals surface area (Å²) in [5.74, 6) is 1.64. The Balaban J connectivity index is 1.72. The van der Waals surface area contributed by atoms with Crippen molar-refractivity contribution in [3.8, 4) is 11.5 Å². The molecule has 0 amide bonds. The standard InChI is InChI=1S/C16H21N3O2/c1-16(2,3)18-8-13-7-17-10-19(13)9-12-4-5-14-15(6-12)21-11-20-14/h4-7,10,18H,8-9,11H2,1-3H3. The first-order valence-corrected chi connectivity index (χ1v) is 7.14. The summed E-state index contributed by atoms with van der Waals surface area (Å²) in [6, 6.07) is 6.06. The molecule has 0 spiro atoms. The Morgan fingerprint density at radius 3 is 2.86 bits per heavy atom. The number of imidazole rings is 1. The SMILES string of the molecule is CC(C)(C)NCc1cncn1Cc1ccc2c(c1)OCO2. The summed E-state index contributed by atoms with van der Waals surface area (Å²) < 4.78 is 12.9. The maximum absolute atomic E-state index is 5.42. The predicted octanol–water partition coefficient (Wildman–Crippen LogP) is 2.55. The molecule has 21 heavy (non-hydrogen) atoms. The van der Waals surface area contributed by atoms with Gasteiger partial charge in [0.15, 0.2) is 11.5 Å². The van der Waals surface area contributed by atoms with Crippen LogP contribution in [0.1, 0.15) is 32.0 Å². The van der Waals surface area contributed by atoms with Crippen molar-refractivity contribution in [2.45, 2.75) is 39.4 Å². The molecule has 1 aliphatic rings. The second-order valence-corrected chi connectivity index (χ2v) is 6.30. The lowest BCUT2D eigenvalue weighted by Gasteiger charge is -2.21. The highest BCUT2D eigenvalue weighted by Crippen LogP contribution is 2.32. The molecule has 2 aromatic rings. The van der Waals surface area contributed by atoms with Crippen LogP contribution in [0.2, 0.25) is 0 Å². The van der Waals surface area contributed by atoms with Gasteiger partial charge in [-0.3, -0.25) is 0 Å². The Morgan fingerprint density at radius 1 is 1.24 bits per heavy atom. The molecule has 0 radical (unpaired) electrons. The average molecular weight is 287 g/mol. The third-order valence-corrected chi connectivity index (χ3v) is 3.39. The molecule has 1 N–H and O–H groups in total. The van der Waals surface area contributed by atoms with Crippen molar-refractivity contribution < 1.29 is 9.47 Å². The van der Waals surface area contributed by atoms with Crippen molar-refractivity contribution in [3.63, 3.8) is 0 Å². The van der Waals surface area contributed by atoms with Crippen molar-refractivity contribution in [2.75, 3.05) is 6.79 Å². The Labute approximate surface area is 124 Å². The fourth-order valence-corrected chi connectivity index (χ4v) is 2.23. The van der Waals surface area contributed by atoms with Gasteiger partial charge >= 0.3 is 0 Å². The third kappa shape index (κ3) is 3.36. The quantitative estimate of drug-likeness (QED) is 0.939. The molecule has 112 valence electrons. The Bertz CT molecular complexity index is 629. The van der Waals surface area contributed by atoms with Crippen LogP contribution in [0.15, 0.2) is 30.7 Å². The highest BCUT2D eigenvalue weighted by molar-refractivity contribution is 5.44. The molecular weight excluding hydrogens is 266 g/mol. The second-order valence-electron chi connectivity index (χ2n) is 6.30. The minimum atomic E-state index is 0.0911. The summed E-state index contributed by atoms with van der Waals surface area (Å²) in [7, 11) is 0. The zero-order valence-corrected chi connectivity index (χ0v) is 12.7. The van der Waals surface area contributed by atoms with E-state index in [2.05, 4.69) is 41.7 Å². The van der Waals surface area contributed by atoms with Crippen molar-refractivity contribution in [3.05, 3.63) is 42.0 Å². The van der Waals surface area contributed by atoms with E-state index in [1.807, 2.05) is 24.7 Å². The van der Waals surface area contributed by atoms with Crippen molar-refractivity contribution in [2.24, 2.45) is 0 Å². The van der Waals surface area contributed by atoms with Gasteiger partial charge in [-0.05, 0) is 38.5 Å². The second kappa shape index (κ2) is 5.41. The van der Waals surface area contributed by atoms with Gasteiger partial charge in [0, 0.05) is 24.8 Å². The maximum Gasteiger partial charge on any atom is 0.231 e. The molecule has 5 heteroatoms. The molecule has 0 atom stereocenters. The molecule has 0 saturated heterocycles. The fourth-order valence-electron chi connectivity index (χ4n) is 2.23. The van der Waals surface area contributed by atoms with E-state index in [9.17, 15) is 0 Å². The largest absolute Gasteiger partial charge is 0.454 e. The van der Waals surface area contributed by atoms with Gasteiger partial charge in [-0.15, -0.1) is 0 Å². The Kier molecular flexibility index (Phi) is 3.59. The van der Waals surface area contributed by atoms with Crippen LogP contribution >= 0.6 is 0 Å². The summed E-state index contributed by atoms with van der Waals surface area (Å²) in [6.45, 7) is 8.36. The number of nitrogens with zero attached hydrogens (tertiary/aromatic N) is 2. The van der Waals surface area contributed by atoms with Gasteiger partial charge in [0.05, 0.1) is 12.0 Å². The van der Waals surface area contributed by atoms with Gasteiger partial charge < -0.3 is 19.4 Å². The van der Waals surface area contributed by atoms with Crippen molar-refractivity contribution in [1.29, 1.82) is 0 Å². The number of fused-ring (bicyclic) bond motifs is 1. The first-order valence-electron chi connectivity index (χ1n) is 7.14. The van der Waals surface area contributed by atoms with E-state index >= 15 is 0 Å². The van der Waals surface area contributed by atoms with E-state index < -0.39 is 0 Å². The van der Waals surface area contributed by atoms with Gasteiger partial charge in [0.2, 0.25) is 6.79 Å². The number of aromatic nitrogens is 2. The number of ether oxygens (including phenoxy) is 2. The molecule has 1 aromatic carbocycles. The molecule has 0 unspecified atom stereocenters. The number of hydrogen-bond donors (Lipinski definition) is 1. The van der Waals surface area contributed by atoms with Gasteiger partial charge in [0.1, 0.15) is 0 Å². The lowest BCUT2D eigenvalue weighted by atomic mass is 10.1. The minimum absolute atomic E-state index is 0.0911. The van der Waals surface area contributed by atoms with Gasteiger partial charge in [-0.2, -0.15) is 0 Å². The summed E-state index contributed by atoms with van der Waals surface area (Å²) in [5, 5.41) is 3.49. The van der Waals surface area contributed by atoms with Gasteiger partial charge in [0.25, 0.3) is 0 Å². The van der Waals surface area contributed by atoms with Crippen LogP contribution in [-0.2, 0) is 13.1 Å². The van der Waals surface area contributed by atoms with E-state index in [-0.39, 0.29) is 5.54 Å². The third-order valence-electron chi connectivity index (χ3n) is 3.39. The average Bonchev–Trinajstić information content (AvgIpc) is 3.04. The molecule has 2 heterocycles. The van der Waals surface area contributed by atoms with E-state index in [1.54, 1.807) is 0 Å². The first-order chi connectivity index (χ1) is 10.0. The predicted molar refractivity (Wildman–Crippen MR) is 80.5 cm³/mol. The molecule has 1 aromatic heterocycles. The molecular formula is C16H21N3O2. The van der Waals surface area contributed by atoms with Crippen LogP contribution in [0.4, 0.5) is 0 Å². The summed E-state index contributed by atoms with van der Waals surface area (Å²) in [4.78, 5) is 4.26. The highest BCUT2D eigenvalue weighted by Gasteiger charge is 2.14. The van der Waals surface area contributed by atoms with E-state index in [0.29, 0.717) is 6.79 Å². The van der Waals surface area contributed by atoms with E-state index in [1.165, 1.54) is 11.3 Å². The number of hydrogen-bond acceptors (Lipinski definition) is 4. The van der Waals surface area contributed by atoms with Crippen LogP contribution in [0.25, 0.3) is 0 Å². The zero-order chi connectivity index (χ0) is 14.9. The lowest BCUT2D eigenvalue weighted by molar-refractivity contribution is 0.174. The first kappa shape index (κ1) is 13.9. The van der Waals surface area contributed by atoms with E-state index in [0.717, 1.165) is 24.6 Å². The normalized spacial score (nSPS) is 13.7. The molecule has 0 saturated carbocycles. The molecule has 0 bridgehead atoms. The monoisotopic (exact) mass is 287 g/mol. The Morgan fingerprint density at radius 2 is 2.05 bits per heavy atom. The van der Waals surface area contributed by atoms with Crippen LogP contribution in [0.5, 0.6) is 11.5 Å². The van der Waals surface area contributed by atoms with Crippen LogP contribution in [-0.4, -0.2) is 21.9 Å². The van der Waals surface area contributed by atoms with Crippen LogP contribution < -0.4 is 14.8 Å². The minimum Gasteiger partial charge on any atom is -0.454 e. The number of nitrogens with one attached hydrogen (secondary N) is 1. The summed E-state index contributed by atoms with van der Waals surface area (Å²) in [5.41, 5.74) is 2.44. The van der Waals surface area contributed by atoms with Crippen LogP contribution in [0.3, 0.4) is 0 Å². The molecule has 5 nitrogen and oxygen atoms in total. The highest BCUT2D eigenvalue weighted by atomic mass is 16.7. The van der Waals surface area contributed by atoms with Gasteiger partial charge in [-0.1, -0.05) is 6.07 Å².